The number of methoxy groups -OCH3 is 1. The van der Waals surface area contributed by atoms with E-state index >= 15 is 0 Å². The molecule has 2 aliphatic rings. The molecule has 0 atom stereocenters. The number of rotatable bonds is 5. The number of carbonyl (C=O) groups excluding carboxylic acids is 2. The van der Waals surface area contributed by atoms with Crippen LogP contribution >= 0.6 is 0 Å². The van der Waals surface area contributed by atoms with Crippen LogP contribution in [0, 0.1) is 5.92 Å². The number of hydrogen-bond donors (Lipinski definition) is 2. The topological polar surface area (TPSA) is 97.1 Å². The fourth-order valence-corrected chi connectivity index (χ4v) is 3.92. The first-order chi connectivity index (χ1) is 14.1. The number of likely N-dealkylation sites (tertiary alicyclic amines) is 2. The van der Waals surface area contributed by atoms with Crippen LogP contribution in [0.3, 0.4) is 0 Å². The van der Waals surface area contributed by atoms with Gasteiger partial charge >= 0.3 is 6.09 Å². The molecule has 0 saturated carbocycles. The molecule has 30 heavy (non-hydrogen) atoms. The van der Waals surface area contributed by atoms with Crippen LogP contribution in [0.25, 0.3) is 0 Å². The summed E-state index contributed by atoms with van der Waals surface area (Å²) < 4.78 is 10.6. The summed E-state index contributed by atoms with van der Waals surface area (Å²) in [5.74, 6) is 0.973. The van der Waals surface area contributed by atoms with Gasteiger partial charge in [0, 0.05) is 38.3 Å². The molecule has 8 heteroatoms. The van der Waals surface area contributed by atoms with Crippen molar-refractivity contribution in [1.82, 2.24) is 15.1 Å². The lowest BCUT2D eigenvalue weighted by molar-refractivity contribution is 0.0148. The average molecular weight is 419 g/mol. The zero-order valence-corrected chi connectivity index (χ0v) is 18.4. The van der Waals surface area contributed by atoms with Crippen molar-refractivity contribution in [2.45, 2.75) is 45.3 Å². The summed E-state index contributed by atoms with van der Waals surface area (Å²) in [6.07, 6.45) is 1.75. The summed E-state index contributed by atoms with van der Waals surface area (Å²) >= 11 is 0. The molecule has 0 bridgehead atoms. The maximum absolute atomic E-state index is 12.4. The summed E-state index contributed by atoms with van der Waals surface area (Å²) in [4.78, 5) is 28.8. The molecule has 1 aromatic carbocycles. The van der Waals surface area contributed by atoms with Crippen molar-refractivity contribution in [1.29, 1.82) is 0 Å². The van der Waals surface area contributed by atoms with Crippen LogP contribution in [-0.2, 0) is 4.74 Å². The Labute approximate surface area is 178 Å². The van der Waals surface area contributed by atoms with E-state index < -0.39 is 5.60 Å². The number of amides is 2. The molecule has 2 heterocycles. The van der Waals surface area contributed by atoms with Gasteiger partial charge in [-0.3, -0.25) is 9.69 Å². The smallest absolute Gasteiger partial charge is 0.410 e. The number of ether oxygens (including phenoxy) is 2. The monoisotopic (exact) mass is 418 g/mol. The van der Waals surface area contributed by atoms with E-state index in [1.807, 2.05) is 25.7 Å². The zero-order valence-electron chi connectivity index (χ0n) is 18.4. The van der Waals surface area contributed by atoms with E-state index in [-0.39, 0.29) is 18.0 Å². The van der Waals surface area contributed by atoms with Gasteiger partial charge in [0.1, 0.15) is 11.4 Å². The van der Waals surface area contributed by atoms with E-state index in [4.69, 9.17) is 15.2 Å². The highest BCUT2D eigenvalue weighted by molar-refractivity contribution is 5.95. The second-order valence-corrected chi connectivity index (χ2v) is 9.26. The van der Waals surface area contributed by atoms with Crippen LogP contribution in [0.4, 0.5) is 10.5 Å². The van der Waals surface area contributed by atoms with Crippen molar-refractivity contribution in [2.75, 3.05) is 45.6 Å². The maximum atomic E-state index is 12.4. The Balaban J connectivity index is 1.37. The van der Waals surface area contributed by atoms with Gasteiger partial charge in [-0.25, -0.2) is 4.79 Å². The predicted molar refractivity (Wildman–Crippen MR) is 116 cm³/mol. The molecular formula is C22H34N4O4. The van der Waals surface area contributed by atoms with Gasteiger partial charge < -0.3 is 25.4 Å². The first kappa shape index (κ1) is 22.2. The summed E-state index contributed by atoms with van der Waals surface area (Å²) in [6, 6.07) is 5.22. The first-order valence-corrected chi connectivity index (χ1v) is 10.6. The van der Waals surface area contributed by atoms with Crippen LogP contribution in [0.2, 0.25) is 0 Å². The minimum absolute atomic E-state index is 0.108. The van der Waals surface area contributed by atoms with Gasteiger partial charge in [-0.15, -0.1) is 0 Å². The highest BCUT2D eigenvalue weighted by atomic mass is 16.6. The van der Waals surface area contributed by atoms with E-state index in [1.165, 1.54) is 7.11 Å². The van der Waals surface area contributed by atoms with Gasteiger partial charge in [0.05, 0.1) is 18.8 Å². The fraction of sp³-hybridized carbons (Fsp3) is 0.636. The van der Waals surface area contributed by atoms with Crippen LogP contribution in [0.5, 0.6) is 5.75 Å². The second kappa shape index (κ2) is 9.12. The Morgan fingerprint density at radius 2 is 1.87 bits per heavy atom. The number of nitrogens with zero attached hydrogens (tertiary/aromatic N) is 2. The third-order valence-corrected chi connectivity index (χ3v) is 5.57. The van der Waals surface area contributed by atoms with E-state index in [0.717, 1.165) is 45.6 Å². The SMILES string of the molecule is COc1cc(C(=O)NC2CN(CC3CCN(C(=O)OC(C)(C)C)CC3)C2)ccc1N. The Bertz CT molecular complexity index is 763. The van der Waals surface area contributed by atoms with Crippen molar-refractivity contribution in [3.05, 3.63) is 23.8 Å². The molecule has 0 aliphatic carbocycles. The van der Waals surface area contributed by atoms with Gasteiger partial charge in [0.2, 0.25) is 0 Å². The lowest BCUT2D eigenvalue weighted by atomic mass is 9.94. The van der Waals surface area contributed by atoms with Crippen molar-refractivity contribution >= 4 is 17.7 Å². The molecule has 166 valence electrons. The van der Waals surface area contributed by atoms with Crippen molar-refractivity contribution in [3.8, 4) is 5.75 Å². The Morgan fingerprint density at radius 3 is 2.47 bits per heavy atom. The first-order valence-electron chi connectivity index (χ1n) is 10.6. The summed E-state index contributed by atoms with van der Waals surface area (Å²) in [6.45, 7) is 9.86. The standard InChI is InChI=1S/C22H34N4O4/c1-22(2,3)30-21(28)26-9-7-15(8-10-26)12-25-13-17(14-25)24-20(27)16-5-6-18(23)19(11-16)29-4/h5-6,11,15,17H,7-10,12-14,23H2,1-4H3,(H,24,27). The highest BCUT2D eigenvalue weighted by Gasteiger charge is 2.32. The van der Waals surface area contributed by atoms with Gasteiger partial charge in [-0.1, -0.05) is 0 Å². The highest BCUT2D eigenvalue weighted by Crippen LogP contribution is 2.24. The van der Waals surface area contributed by atoms with Crippen LogP contribution in [-0.4, -0.2) is 73.3 Å². The molecule has 0 aromatic heterocycles. The van der Waals surface area contributed by atoms with Crippen LogP contribution in [0.15, 0.2) is 18.2 Å². The Morgan fingerprint density at radius 1 is 1.20 bits per heavy atom. The van der Waals surface area contributed by atoms with Gasteiger partial charge in [0.15, 0.2) is 0 Å². The van der Waals surface area contributed by atoms with Gasteiger partial charge in [0.25, 0.3) is 5.91 Å². The van der Waals surface area contributed by atoms with E-state index in [9.17, 15) is 9.59 Å². The van der Waals surface area contributed by atoms with E-state index in [0.29, 0.717) is 22.9 Å². The third-order valence-electron chi connectivity index (χ3n) is 5.57. The predicted octanol–water partition coefficient (Wildman–Crippen LogP) is 2.34. The Kier molecular flexibility index (Phi) is 6.75. The quantitative estimate of drug-likeness (QED) is 0.713. The lowest BCUT2D eigenvalue weighted by Crippen LogP contribution is -2.60. The normalized spacial score (nSPS) is 18.6. The van der Waals surface area contributed by atoms with Gasteiger partial charge in [-0.05, 0) is 57.7 Å². The van der Waals surface area contributed by atoms with Crippen molar-refractivity contribution < 1.29 is 19.1 Å². The number of nitrogen functional groups attached to an aromatic ring is 1. The van der Waals surface area contributed by atoms with Crippen LogP contribution in [0.1, 0.15) is 44.0 Å². The van der Waals surface area contributed by atoms with Crippen molar-refractivity contribution in [2.24, 2.45) is 5.92 Å². The molecule has 2 fully saturated rings. The molecule has 0 radical (unpaired) electrons. The molecule has 3 N–H and O–H groups in total. The van der Waals surface area contributed by atoms with Gasteiger partial charge in [-0.2, -0.15) is 0 Å². The molecule has 3 rings (SSSR count). The molecule has 2 amide bonds. The molecular weight excluding hydrogens is 384 g/mol. The Hall–Kier alpha value is -2.48. The zero-order chi connectivity index (χ0) is 21.9. The van der Waals surface area contributed by atoms with Crippen LogP contribution < -0.4 is 15.8 Å². The van der Waals surface area contributed by atoms with Crippen molar-refractivity contribution in [3.63, 3.8) is 0 Å². The minimum atomic E-state index is -0.456. The number of carbonyl (C=O) groups is 2. The summed E-state index contributed by atoms with van der Waals surface area (Å²) in [7, 11) is 1.54. The van der Waals surface area contributed by atoms with E-state index in [2.05, 4.69) is 10.2 Å². The summed E-state index contributed by atoms with van der Waals surface area (Å²) in [5.41, 5.74) is 6.42. The molecule has 2 saturated heterocycles. The molecule has 0 unspecified atom stereocenters. The number of hydrogen-bond acceptors (Lipinski definition) is 6. The fourth-order valence-electron chi connectivity index (χ4n) is 3.92. The maximum Gasteiger partial charge on any atom is 0.410 e. The second-order valence-electron chi connectivity index (χ2n) is 9.26. The molecule has 8 nitrogen and oxygen atoms in total. The lowest BCUT2D eigenvalue weighted by Gasteiger charge is -2.43. The third kappa shape index (κ3) is 5.78. The van der Waals surface area contributed by atoms with E-state index in [1.54, 1.807) is 18.2 Å². The average Bonchev–Trinajstić information content (AvgIpc) is 2.65. The number of anilines is 1. The largest absolute Gasteiger partial charge is 0.495 e. The molecule has 1 aromatic rings. The summed E-state index contributed by atoms with van der Waals surface area (Å²) in [5, 5.41) is 3.07. The number of nitrogens with two attached hydrogens (primary N) is 1. The number of piperidine rings is 1. The molecule has 2 aliphatic heterocycles. The minimum Gasteiger partial charge on any atom is -0.495 e. The molecule has 0 spiro atoms. The number of benzene rings is 1. The number of nitrogens with one attached hydrogen (secondary N) is 1.